The summed E-state index contributed by atoms with van der Waals surface area (Å²) in [5.74, 6) is -3.68. The van der Waals surface area contributed by atoms with Gasteiger partial charge in [0.2, 0.25) is 5.91 Å². The van der Waals surface area contributed by atoms with Crippen molar-refractivity contribution in [3.05, 3.63) is 83.1 Å². The Labute approximate surface area is 287 Å². The highest BCUT2D eigenvalue weighted by Crippen LogP contribution is 2.37. The van der Waals surface area contributed by atoms with Gasteiger partial charge in [-0.2, -0.15) is 26.3 Å². The molecule has 51 heavy (non-hydrogen) atoms. The van der Waals surface area contributed by atoms with Crippen LogP contribution in [0, 0.1) is 0 Å². The second-order valence-electron chi connectivity index (χ2n) is 12.1. The Morgan fingerprint density at radius 2 is 1.45 bits per heavy atom. The van der Waals surface area contributed by atoms with E-state index in [2.05, 4.69) is 15.3 Å². The number of aromatic nitrogens is 1. The van der Waals surface area contributed by atoms with Crippen LogP contribution in [0.2, 0.25) is 0 Å². The van der Waals surface area contributed by atoms with Crippen molar-refractivity contribution in [3.8, 4) is 0 Å². The van der Waals surface area contributed by atoms with Crippen LogP contribution in [-0.2, 0) is 33.2 Å². The number of alkyl halides is 6. The number of carboxylic acids is 2. The van der Waals surface area contributed by atoms with Crippen LogP contribution in [0.4, 0.5) is 26.3 Å². The van der Waals surface area contributed by atoms with Gasteiger partial charge < -0.3 is 25.0 Å². The van der Waals surface area contributed by atoms with Crippen LogP contribution < -0.4 is 5.43 Å². The first-order valence-electron chi connectivity index (χ1n) is 15.7. The lowest BCUT2D eigenvalue weighted by Crippen LogP contribution is -2.59. The fourth-order valence-electron chi connectivity index (χ4n) is 5.78. The van der Waals surface area contributed by atoms with Crippen molar-refractivity contribution in [2.45, 2.75) is 24.8 Å². The van der Waals surface area contributed by atoms with E-state index in [-0.39, 0.29) is 44.6 Å². The quantitative estimate of drug-likeness (QED) is 0.202. The maximum atomic E-state index is 13.7. The molecule has 5 rings (SSSR count). The van der Waals surface area contributed by atoms with Gasteiger partial charge >= 0.3 is 24.3 Å². The van der Waals surface area contributed by atoms with Gasteiger partial charge in [0.15, 0.2) is 0 Å². The highest BCUT2D eigenvalue weighted by Gasteiger charge is 2.39. The molecule has 0 bridgehead atoms. The van der Waals surface area contributed by atoms with Crippen molar-refractivity contribution < 1.29 is 55.7 Å². The monoisotopic (exact) mass is 726 g/mol. The Hall–Kier alpha value is -4.94. The van der Waals surface area contributed by atoms with Crippen LogP contribution in [0.3, 0.4) is 0 Å². The number of hydrazine groups is 1. The number of carboxylic acid groups (broad SMARTS) is 2. The SMILES string of the molecule is CN1CCN(NC(=O)CN2CCN(C(=O)c3cc(C(F)(F)F)cc(C(F)(F)F)c3)[C@H](Cc3c[nH]c4ccccc34)C2)CC1.O=C(O)/C=C/C(=O)O. The molecule has 2 aliphatic heterocycles. The fraction of sp³-hybridized carbons (Fsp3) is 0.394. The molecule has 3 heterocycles. The zero-order valence-electron chi connectivity index (χ0n) is 27.3. The molecule has 2 aliphatic rings. The number of H-pyrrole nitrogens is 1. The second-order valence-corrected chi connectivity index (χ2v) is 12.1. The number of nitrogens with zero attached hydrogens (tertiary/aromatic N) is 4. The van der Waals surface area contributed by atoms with Crippen LogP contribution in [0.5, 0.6) is 0 Å². The zero-order valence-corrected chi connectivity index (χ0v) is 27.3. The van der Waals surface area contributed by atoms with E-state index in [1.165, 1.54) is 4.90 Å². The summed E-state index contributed by atoms with van der Waals surface area (Å²) in [5, 5.41) is 18.4. The summed E-state index contributed by atoms with van der Waals surface area (Å²) >= 11 is 0. The molecule has 0 spiro atoms. The number of hydrogen-bond donors (Lipinski definition) is 4. The molecule has 4 N–H and O–H groups in total. The van der Waals surface area contributed by atoms with E-state index < -0.39 is 52.9 Å². The number of para-hydroxylation sites is 1. The third kappa shape index (κ3) is 11.0. The van der Waals surface area contributed by atoms with E-state index in [0.717, 1.165) is 29.6 Å². The van der Waals surface area contributed by atoms with E-state index in [1.807, 2.05) is 41.2 Å². The summed E-state index contributed by atoms with van der Waals surface area (Å²) in [6.45, 7) is 3.42. The summed E-state index contributed by atoms with van der Waals surface area (Å²) in [5.41, 5.74) is 0.809. The fourth-order valence-corrected chi connectivity index (χ4v) is 5.78. The summed E-state index contributed by atoms with van der Waals surface area (Å²) in [7, 11) is 2.00. The summed E-state index contributed by atoms with van der Waals surface area (Å²) in [6, 6.07) is 7.79. The molecule has 2 aromatic carbocycles. The standard InChI is InChI=1S/C29H32F6N6O2.C4H4O4/c1-38-6-9-40(10-7-38)37-26(42)18-39-8-11-41(23(17-39)14-20-16-36-25-5-3-2-4-24(20)25)27(43)19-12-21(28(30,31)32)15-22(13-19)29(33,34)35;5-3(6)1-2-4(7)8/h2-5,12-13,15-16,23,36H,6-11,14,17-18H2,1H3,(H,37,42);1-2H,(H,5,6)(H,7,8)/b;2-1+/t23-;/m1./s1. The largest absolute Gasteiger partial charge is 0.478 e. The van der Waals surface area contributed by atoms with E-state index in [4.69, 9.17) is 10.2 Å². The van der Waals surface area contributed by atoms with Gasteiger partial charge in [0, 0.05) is 86.7 Å². The highest BCUT2D eigenvalue weighted by molar-refractivity contribution is 5.95. The van der Waals surface area contributed by atoms with E-state index in [1.54, 1.807) is 6.20 Å². The van der Waals surface area contributed by atoms with Crippen molar-refractivity contribution in [3.63, 3.8) is 0 Å². The molecule has 276 valence electrons. The van der Waals surface area contributed by atoms with Crippen LogP contribution in [0.1, 0.15) is 27.0 Å². The first-order chi connectivity index (χ1) is 23.9. The van der Waals surface area contributed by atoms with Gasteiger partial charge in [-0.05, 0) is 43.3 Å². The molecule has 2 saturated heterocycles. The number of aromatic amines is 1. The lowest BCUT2D eigenvalue weighted by atomic mass is 9.98. The maximum Gasteiger partial charge on any atom is 0.416 e. The maximum absolute atomic E-state index is 13.7. The minimum atomic E-state index is -5.07. The van der Waals surface area contributed by atoms with Crippen LogP contribution in [-0.4, -0.2) is 124 Å². The molecule has 2 amide bonds. The normalized spacial score (nSPS) is 18.0. The van der Waals surface area contributed by atoms with Gasteiger partial charge in [-0.15, -0.1) is 0 Å². The smallest absolute Gasteiger partial charge is 0.416 e. The Morgan fingerprint density at radius 3 is 2.02 bits per heavy atom. The van der Waals surface area contributed by atoms with Gasteiger partial charge in [-0.1, -0.05) is 18.2 Å². The number of carbonyl (C=O) groups excluding carboxylic acids is 2. The number of hydrogen-bond acceptors (Lipinski definition) is 7. The Kier molecular flexibility index (Phi) is 12.5. The van der Waals surface area contributed by atoms with E-state index >= 15 is 0 Å². The van der Waals surface area contributed by atoms with Crippen molar-refractivity contribution in [1.82, 2.24) is 30.1 Å². The average Bonchev–Trinajstić information content (AvgIpc) is 3.46. The number of likely N-dealkylation sites (N-methyl/N-ethyl adjacent to an activating group) is 1. The van der Waals surface area contributed by atoms with Crippen molar-refractivity contribution in [2.75, 3.05) is 59.4 Å². The van der Waals surface area contributed by atoms with Crippen molar-refractivity contribution >= 4 is 34.7 Å². The lowest BCUT2D eigenvalue weighted by Gasteiger charge is -2.42. The van der Waals surface area contributed by atoms with Gasteiger partial charge in [0.1, 0.15) is 0 Å². The lowest BCUT2D eigenvalue weighted by molar-refractivity contribution is -0.143. The third-order valence-electron chi connectivity index (χ3n) is 8.31. The summed E-state index contributed by atoms with van der Waals surface area (Å²) < 4.78 is 81.2. The molecule has 1 aromatic heterocycles. The third-order valence-corrected chi connectivity index (χ3v) is 8.31. The van der Waals surface area contributed by atoms with Crippen LogP contribution >= 0.6 is 0 Å². The minimum Gasteiger partial charge on any atom is -0.478 e. The number of benzene rings is 2. The van der Waals surface area contributed by atoms with E-state index in [0.29, 0.717) is 37.4 Å². The number of carbonyl (C=O) groups is 4. The molecule has 12 nitrogen and oxygen atoms in total. The highest BCUT2D eigenvalue weighted by atomic mass is 19.4. The number of amides is 2. The molecule has 1 atom stereocenters. The molecular weight excluding hydrogens is 690 g/mol. The van der Waals surface area contributed by atoms with Crippen LogP contribution in [0.15, 0.2) is 60.8 Å². The number of fused-ring (bicyclic) bond motifs is 1. The molecular formula is C33H36F6N6O6. The first-order valence-corrected chi connectivity index (χ1v) is 15.7. The Bertz CT molecular complexity index is 1700. The molecule has 18 heteroatoms. The Morgan fingerprint density at radius 1 is 0.863 bits per heavy atom. The summed E-state index contributed by atoms with van der Waals surface area (Å²) in [6.07, 6.45) is -6.98. The number of nitrogens with one attached hydrogen (secondary N) is 2. The number of rotatable bonds is 8. The number of halogens is 6. The van der Waals surface area contributed by atoms with E-state index in [9.17, 15) is 45.5 Å². The molecule has 0 saturated carbocycles. The van der Waals surface area contributed by atoms with Gasteiger partial charge in [0.05, 0.1) is 17.7 Å². The first kappa shape index (κ1) is 38.9. The zero-order chi connectivity index (χ0) is 37.5. The van der Waals surface area contributed by atoms with Crippen LogP contribution in [0.25, 0.3) is 10.9 Å². The van der Waals surface area contributed by atoms with Gasteiger partial charge in [-0.3, -0.25) is 19.9 Å². The van der Waals surface area contributed by atoms with Gasteiger partial charge in [0.25, 0.3) is 5.91 Å². The molecule has 2 fully saturated rings. The van der Waals surface area contributed by atoms with Crippen molar-refractivity contribution in [2.24, 2.45) is 0 Å². The number of piperazine rings is 2. The molecule has 0 aliphatic carbocycles. The summed E-state index contributed by atoms with van der Waals surface area (Å²) in [4.78, 5) is 54.1. The minimum absolute atomic E-state index is 0.0110. The second kappa shape index (κ2) is 16.4. The number of aliphatic carboxylic acids is 2. The predicted molar refractivity (Wildman–Crippen MR) is 171 cm³/mol. The molecule has 3 aromatic rings. The Balaban J connectivity index is 0.000000652. The molecule has 0 unspecified atom stereocenters. The molecule has 0 radical (unpaired) electrons. The predicted octanol–water partition coefficient (Wildman–Crippen LogP) is 3.57. The van der Waals surface area contributed by atoms with Crippen molar-refractivity contribution in [1.29, 1.82) is 0 Å². The average molecular weight is 727 g/mol. The van der Waals surface area contributed by atoms with Gasteiger partial charge in [-0.25, -0.2) is 14.6 Å². The topological polar surface area (TPSA) is 150 Å².